The summed E-state index contributed by atoms with van der Waals surface area (Å²) in [7, 11) is 1.31. The predicted molar refractivity (Wildman–Crippen MR) is 106 cm³/mol. The molecular formula is C19H26N4O3S. The van der Waals surface area contributed by atoms with E-state index in [1.807, 2.05) is 52.0 Å². The minimum Gasteiger partial charge on any atom is -0.467 e. The smallest absolute Gasteiger partial charge is 0.328 e. The van der Waals surface area contributed by atoms with Gasteiger partial charge in [0.25, 0.3) is 0 Å². The average Bonchev–Trinajstić information content (AvgIpc) is 2.97. The van der Waals surface area contributed by atoms with Crippen LogP contribution in [0.15, 0.2) is 24.3 Å². The average molecular weight is 391 g/mol. The third kappa shape index (κ3) is 5.26. The Kier molecular flexibility index (Phi) is 6.54. The fourth-order valence-corrected chi connectivity index (χ4v) is 2.95. The van der Waals surface area contributed by atoms with Gasteiger partial charge in [-0.1, -0.05) is 44.5 Å². The van der Waals surface area contributed by atoms with E-state index in [1.165, 1.54) is 7.11 Å². The van der Waals surface area contributed by atoms with Gasteiger partial charge < -0.3 is 10.1 Å². The van der Waals surface area contributed by atoms with Crippen molar-refractivity contribution in [1.29, 1.82) is 0 Å². The first-order valence-electron chi connectivity index (χ1n) is 8.73. The van der Waals surface area contributed by atoms with Gasteiger partial charge in [-0.3, -0.25) is 14.5 Å². The van der Waals surface area contributed by atoms with Gasteiger partial charge in [0.15, 0.2) is 10.6 Å². The Morgan fingerprint density at radius 3 is 2.67 bits per heavy atom. The summed E-state index contributed by atoms with van der Waals surface area (Å²) in [6.45, 7) is 7.97. The standard InChI is InChI=1S/C19H26N4O3S/c1-12-7-6-8-13(11-12)16-21-22-18(27)23(16)10-9-14(24)20-15(17(25)26-5)19(2,3)4/h6-8,11,15H,9-10H2,1-5H3,(H,20,24)(H,22,27)/t15-/m1/s1. The van der Waals surface area contributed by atoms with Crippen LogP contribution in [-0.2, 0) is 20.9 Å². The molecule has 0 radical (unpaired) electrons. The molecule has 27 heavy (non-hydrogen) atoms. The fraction of sp³-hybridized carbons (Fsp3) is 0.474. The third-order valence-electron chi connectivity index (χ3n) is 4.21. The van der Waals surface area contributed by atoms with Gasteiger partial charge in [-0.05, 0) is 30.6 Å². The minimum atomic E-state index is -0.719. The fourth-order valence-electron chi connectivity index (χ4n) is 2.72. The maximum Gasteiger partial charge on any atom is 0.328 e. The number of benzene rings is 1. The van der Waals surface area contributed by atoms with E-state index >= 15 is 0 Å². The van der Waals surface area contributed by atoms with E-state index in [2.05, 4.69) is 15.5 Å². The molecule has 0 aliphatic rings. The van der Waals surface area contributed by atoms with Crippen LogP contribution in [0.4, 0.5) is 0 Å². The van der Waals surface area contributed by atoms with Gasteiger partial charge in [-0.2, -0.15) is 5.10 Å². The lowest BCUT2D eigenvalue weighted by Crippen LogP contribution is -2.49. The van der Waals surface area contributed by atoms with Crippen molar-refractivity contribution < 1.29 is 14.3 Å². The zero-order valence-electron chi connectivity index (χ0n) is 16.3. The molecule has 2 aromatic rings. The number of esters is 1. The van der Waals surface area contributed by atoms with Crippen molar-refractivity contribution in [3.8, 4) is 11.4 Å². The topological polar surface area (TPSA) is 89.0 Å². The Bertz CT molecular complexity index is 880. The number of amides is 1. The van der Waals surface area contributed by atoms with Crippen LogP contribution >= 0.6 is 12.2 Å². The summed E-state index contributed by atoms with van der Waals surface area (Å²) in [6, 6.07) is 7.19. The Morgan fingerprint density at radius 2 is 2.07 bits per heavy atom. The number of hydrogen-bond donors (Lipinski definition) is 2. The number of carbonyl (C=O) groups excluding carboxylic acids is 2. The molecule has 0 fully saturated rings. The number of nitrogens with one attached hydrogen (secondary N) is 2. The highest BCUT2D eigenvalue weighted by atomic mass is 32.1. The molecule has 8 heteroatoms. The highest BCUT2D eigenvalue weighted by Crippen LogP contribution is 2.21. The molecule has 0 unspecified atom stereocenters. The summed E-state index contributed by atoms with van der Waals surface area (Å²) in [5.74, 6) is -0.0355. The molecular weight excluding hydrogens is 364 g/mol. The first kappa shape index (κ1) is 20.8. The second-order valence-electron chi connectivity index (χ2n) is 7.51. The highest BCUT2D eigenvalue weighted by molar-refractivity contribution is 7.71. The number of aryl methyl sites for hydroxylation is 1. The molecule has 1 amide bonds. The van der Waals surface area contributed by atoms with Gasteiger partial charge in [0, 0.05) is 18.5 Å². The zero-order valence-corrected chi connectivity index (χ0v) is 17.1. The lowest BCUT2D eigenvalue weighted by Gasteiger charge is -2.29. The molecule has 2 rings (SSSR count). The molecule has 1 atom stereocenters. The van der Waals surface area contributed by atoms with Crippen molar-refractivity contribution >= 4 is 24.1 Å². The van der Waals surface area contributed by atoms with E-state index in [0.717, 1.165) is 11.1 Å². The molecule has 0 spiro atoms. The quantitative estimate of drug-likeness (QED) is 0.585. The monoisotopic (exact) mass is 390 g/mol. The number of aromatic amines is 1. The van der Waals surface area contributed by atoms with Crippen molar-refractivity contribution in [1.82, 2.24) is 20.1 Å². The highest BCUT2D eigenvalue weighted by Gasteiger charge is 2.33. The number of hydrogen-bond acceptors (Lipinski definition) is 5. The molecule has 0 aliphatic heterocycles. The molecule has 0 bridgehead atoms. The number of nitrogens with zero attached hydrogens (tertiary/aromatic N) is 2. The van der Waals surface area contributed by atoms with E-state index in [4.69, 9.17) is 17.0 Å². The van der Waals surface area contributed by atoms with Crippen LogP contribution in [-0.4, -0.2) is 39.8 Å². The second-order valence-corrected chi connectivity index (χ2v) is 7.90. The van der Waals surface area contributed by atoms with Crippen LogP contribution < -0.4 is 5.32 Å². The number of carbonyl (C=O) groups is 2. The maximum absolute atomic E-state index is 12.4. The summed E-state index contributed by atoms with van der Waals surface area (Å²) < 4.78 is 7.04. The van der Waals surface area contributed by atoms with E-state index in [-0.39, 0.29) is 12.3 Å². The van der Waals surface area contributed by atoms with E-state index in [1.54, 1.807) is 4.57 Å². The molecule has 0 saturated carbocycles. The number of methoxy groups -OCH3 is 1. The molecule has 1 aromatic heterocycles. The van der Waals surface area contributed by atoms with Gasteiger partial charge in [0.2, 0.25) is 5.91 Å². The summed E-state index contributed by atoms with van der Waals surface area (Å²) in [5, 5.41) is 9.83. The third-order valence-corrected chi connectivity index (χ3v) is 4.52. The Morgan fingerprint density at radius 1 is 1.37 bits per heavy atom. The van der Waals surface area contributed by atoms with Crippen molar-refractivity contribution in [3.05, 3.63) is 34.6 Å². The molecule has 0 saturated heterocycles. The summed E-state index contributed by atoms with van der Waals surface area (Å²) in [5.41, 5.74) is 1.57. The van der Waals surface area contributed by atoms with Crippen LogP contribution in [0.1, 0.15) is 32.8 Å². The number of ether oxygens (including phenoxy) is 1. The SMILES string of the molecule is COC(=O)[C@@H](NC(=O)CCn1c(-c2cccc(C)c2)n[nH]c1=S)C(C)(C)C. The van der Waals surface area contributed by atoms with E-state index in [0.29, 0.717) is 17.1 Å². The van der Waals surface area contributed by atoms with Gasteiger partial charge in [0.05, 0.1) is 7.11 Å². The summed E-state index contributed by atoms with van der Waals surface area (Å²) in [6.07, 6.45) is 0.163. The van der Waals surface area contributed by atoms with Crippen molar-refractivity contribution in [3.63, 3.8) is 0 Å². The molecule has 146 valence electrons. The summed E-state index contributed by atoms with van der Waals surface area (Å²) in [4.78, 5) is 24.4. The number of rotatable bonds is 6. The first-order chi connectivity index (χ1) is 12.6. The largest absolute Gasteiger partial charge is 0.467 e. The van der Waals surface area contributed by atoms with Crippen LogP contribution in [0.2, 0.25) is 0 Å². The van der Waals surface area contributed by atoms with Crippen molar-refractivity contribution in [2.75, 3.05) is 7.11 Å². The lowest BCUT2D eigenvalue weighted by molar-refractivity contribution is -0.148. The predicted octanol–water partition coefficient (Wildman–Crippen LogP) is 3.01. The lowest BCUT2D eigenvalue weighted by atomic mass is 9.86. The van der Waals surface area contributed by atoms with Crippen LogP contribution in [0.3, 0.4) is 0 Å². The van der Waals surface area contributed by atoms with Gasteiger partial charge in [-0.25, -0.2) is 4.79 Å². The zero-order chi connectivity index (χ0) is 20.2. The van der Waals surface area contributed by atoms with Gasteiger partial charge >= 0.3 is 5.97 Å². The minimum absolute atomic E-state index is 0.163. The van der Waals surface area contributed by atoms with E-state index in [9.17, 15) is 9.59 Å². The normalized spacial score (nSPS) is 12.5. The van der Waals surface area contributed by atoms with Crippen LogP contribution in [0.5, 0.6) is 0 Å². The van der Waals surface area contributed by atoms with Crippen molar-refractivity contribution in [2.45, 2.75) is 46.7 Å². The second kappa shape index (κ2) is 8.47. The Balaban J connectivity index is 2.13. The molecule has 1 heterocycles. The molecule has 0 aliphatic carbocycles. The van der Waals surface area contributed by atoms with Crippen LogP contribution in [0, 0.1) is 17.1 Å². The molecule has 2 N–H and O–H groups in total. The van der Waals surface area contributed by atoms with Gasteiger partial charge in [0.1, 0.15) is 6.04 Å². The molecule has 7 nitrogen and oxygen atoms in total. The Hall–Kier alpha value is -2.48. The van der Waals surface area contributed by atoms with Crippen molar-refractivity contribution in [2.24, 2.45) is 5.41 Å². The first-order valence-corrected chi connectivity index (χ1v) is 9.13. The van der Waals surface area contributed by atoms with Gasteiger partial charge in [-0.15, -0.1) is 0 Å². The summed E-state index contributed by atoms with van der Waals surface area (Å²) >= 11 is 5.30. The Labute approximate surface area is 164 Å². The van der Waals surface area contributed by atoms with E-state index < -0.39 is 17.4 Å². The maximum atomic E-state index is 12.4. The molecule has 1 aromatic carbocycles. The van der Waals surface area contributed by atoms with Crippen LogP contribution in [0.25, 0.3) is 11.4 Å². The number of aromatic nitrogens is 3. The number of H-pyrrole nitrogens is 1.